The van der Waals surface area contributed by atoms with Gasteiger partial charge in [0.25, 0.3) is 0 Å². The molecule has 7 nitrogen and oxygen atoms in total. The van der Waals surface area contributed by atoms with Crippen molar-refractivity contribution in [2.45, 2.75) is 19.0 Å². The number of morpholine rings is 1. The lowest BCUT2D eigenvalue weighted by molar-refractivity contribution is 0.0342. The standard InChI is InChI=1S/C28H32N4O3/c1-34-28(33)24-16-26(30-27(17-24)32-11-10-25(29)19-32)23-8-6-22(7-9-23)21-4-2-20(3-5-21)18-31-12-14-35-15-13-31/h2-9,16-17,25H,10-15,18-19,29H2,1H3/t25-/m1/s1. The monoisotopic (exact) mass is 472 g/mol. The van der Waals surface area contributed by atoms with Gasteiger partial charge >= 0.3 is 5.97 Å². The average Bonchev–Trinajstić information content (AvgIpc) is 3.35. The molecule has 0 bridgehead atoms. The fourth-order valence-corrected chi connectivity index (χ4v) is 4.71. The van der Waals surface area contributed by atoms with Crippen molar-refractivity contribution in [3.63, 3.8) is 0 Å². The van der Waals surface area contributed by atoms with Crippen molar-refractivity contribution in [2.24, 2.45) is 5.73 Å². The number of benzene rings is 2. The number of esters is 1. The Kier molecular flexibility index (Phi) is 7.08. The number of hydrogen-bond acceptors (Lipinski definition) is 7. The Hall–Kier alpha value is -3.26. The number of hydrogen-bond donors (Lipinski definition) is 1. The van der Waals surface area contributed by atoms with E-state index in [0.29, 0.717) is 5.56 Å². The molecule has 2 N–H and O–H groups in total. The van der Waals surface area contributed by atoms with Crippen LogP contribution in [0.15, 0.2) is 60.7 Å². The summed E-state index contributed by atoms with van der Waals surface area (Å²) in [4.78, 5) is 21.7. The molecule has 7 heteroatoms. The van der Waals surface area contributed by atoms with Gasteiger partial charge in [-0.3, -0.25) is 4.90 Å². The summed E-state index contributed by atoms with van der Waals surface area (Å²) in [5, 5.41) is 0. The molecule has 2 aromatic carbocycles. The summed E-state index contributed by atoms with van der Waals surface area (Å²) < 4.78 is 10.4. The Morgan fingerprint density at radius 1 is 1.00 bits per heavy atom. The van der Waals surface area contributed by atoms with Gasteiger partial charge in [-0.1, -0.05) is 48.5 Å². The van der Waals surface area contributed by atoms with Crippen molar-refractivity contribution in [3.05, 3.63) is 71.8 Å². The number of methoxy groups -OCH3 is 1. The third-order valence-electron chi connectivity index (χ3n) is 6.76. The molecule has 5 rings (SSSR count). The van der Waals surface area contributed by atoms with Crippen LogP contribution in [0.25, 0.3) is 22.4 Å². The van der Waals surface area contributed by atoms with Gasteiger partial charge < -0.3 is 20.1 Å². The molecule has 0 spiro atoms. The summed E-state index contributed by atoms with van der Waals surface area (Å²) in [6, 6.07) is 20.8. The molecule has 2 aliphatic rings. The molecule has 0 radical (unpaired) electrons. The van der Waals surface area contributed by atoms with E-state index in [2.05, 4.69) is 58.3 Å². The molecule has 3 heterocycles. The first-order valence-corrected chi connectivity index (χ1v) is 12.2. The minimum Gasteiger partial charge on any atom is -0.465 e. The molecule has 0 aliphatic carbocycles. The smallest absolute Gasteiger partial charge is 0.338 e. The predicted octanol–water partition coefficient (Wildman–Crippen LogP) is 3.57. The van der Waals surface area contributed by atoms with E-state index in [-0.39, 0.29) is 12.0 Å². The third kappa shape index (κ3) is 5.53. The van der Waals surface area contributed by atoms with Gasteiger partial charge in [0.1, 0.15) is 5.82 Å². The number of anilines is 1. The molecular weight excluding hydrogens is 440 g/mol. The van der Waals surface area contributed by atoms with E-state index in [1.807, 2.05) is 0 Å². The van der Waals surface area contributed by atoms with Gasteiger partial charge in [-0.2, -0.15) is 0 Å². The second kappa shape index (κ2) is 10.6. The van der Waals surface area contributed by atoms with Crippen LogP contribution in [0.3, 0.4) is 0 Å². The lowest BCUT2D eigenvalue weighted by Crippen LogP contribution is -2.35. The molecule has 1 atom stereocenters. The normalized spacial score (nSPS) is 18.6. The first kappa shape index (κ1) is 23.5. The van der Waals surface area contributed by atoms with Crippen LogP contribution in [-0.4, -0.2) is 68.4 Å². The fraction of sp³-hybridized carbons (Fsp3) is 0.357. The third-order valence-corrected chi connectivity index (χ3v) is 6.76. The first-order chi connectivity index (χ1) is 17.1. The summed E-state index contributed by atoms with van der Waals surface area (Å²) in [5.41, 5.74) is 11.9. The van der Waals surface area contributed by atoms with Crippen molar-refractivity contribution in [3.8, 4) is 22.4 Å². The van der Waals surface area contributed by atoms with E-state index >= 15 is 0 Å². The second-order valence-corrected chi connectivity index (χ2v) is 9.25. The highest BCUT2D eigenvalue weighted by Gasteiger charge is 2.22. The lowest BCUT2D eigenvalue weighted by atomic mass is 10.0. The van der Waals surface area contributed by atoms with Crippen LogP contribution in [0, 0.1) is 0 Å². The number of nitrogens with zero attached hydrogens (tertiary/aromatic N) is 3. The number of carbonyl (C=O) groups is 1. The largest absolute Gasteiger partial charge is 0.465 e. The van der Waals surface area contributed by atoms with E-state index in [0.717, 1.165) is 75.0 Å². The molecular formula is C28H32N4O3. The molecule has 182 valence electrons. The molecule has 0 saturated carbocycles. The summed E-state index contributed by atoms with van der Waals surface area (Å²) in [6.45, 7) is 6.12. The Bertz CT molecular complexity index is 1160. The maximum absolute atomic E-state index is 12.3. The van der Waals surface area contributed by atoms with Crippen LogP contribution in [-0.2, 0) is 16.0 Å². The van der Waals surface area contributed by atoms with Crippen molar-refractivity contribution in [2.75, 3.05) is 51.4 Å². The lowest BCUT2D eigenvalue weighted by Gasteiger charge is -2.26. The number of pyridine rings is 1. The highest BCUT2D eigenvalue weighted by atomic mass is 16.5. The van der Waals surface area contributed by atoms with Gasteiger partial charge in [0.2, 0.25) is 0 Å². The van der Waals surface area contributed by atoms with E-state index in [9.17, 15) is 4.79 Å². The molecule has 2 aliphatic heterocycles. The van der Waals surface area contributed by atoms with Gasteiger partial charge in [-0.15, -0.1) is 0 Å². The number of ether oxygens (including phenoxy) is 2. The summed E-state index contributed by atoms with van der Waals surface area (Å²) in [5.74, 6) is 0.392. The van der Waals surface area contributed by atoms with E-state index < -0.39 is 0 Å². The number of rotatable bonds is 6. The van der Waals surface area contributed by atoms with E-state index in [1.54, 1.807) is 12.1 Å². The zero-order valence-electron chi connectivity index (χ0n) is 20.2. The summed E-state index contributed by atoms with van der Waals surface area (Å²) in [7, 11) is 1.40. The van der Waals surface area contributed by atoms with Crippen LogP contribution in [0.4, 0.5) is 5.82 Å². The second-order valence-electron chi connectivity index (χ2n) is 9.25. The minimum absolute atomic E-state index is 0.126. The van der Waals surface area contributed by atoms with Crippen molar-refractivity contribution in [1.29, 1.82) is 0 Å². The molecule has 1 aromatic heterocycles. The molecule has 0 unspecified atom stereocenters. The van der Waals surface area contributed by atoms with Crippen molar-refractivity contribution in [1.82, 2.24) is 9.88 Å². The van der Waals surface area contributed by atoms with Crippen LogP contribution in [0.5, 0.6) is 0 Å². The van der Waals surface area contributed by atoms with Gasteiger partial charge in [-0.05, 0) is 35.2 Å². The van der Waals surface area contributed by atoms with Crippen molar-refractivity contribution >= 4 is 11.8 Å². The number of aromatic nitrogens is 1. The highest BCUT2D eigenvalue weighted by molar-refractivity contribution is 5.91. The van der Waals surface area contributed by atoms with Crippen LogP contribution in [0.1, 0.15) is 22.3 Å². The van der Waals surface area contributed by atoms with Crippen LogP contribution in [0.2, 0.25) is 0 Å². The summed E-state index contributed by atoms with van der Waals surface area (Å²) in [6.07, 6.45) is 0.916. The zero-order chi connectivity index (χ0) is 24.2. The minimum atomic E-state index is -0.368. The van der Waals surface area contributed by atoms with Gasteiger partial charge in [-0.25, -0.2) is 9.78 Å². The predicted molar refractivity (Wildman–Crippen MR) is 137 cm³/mol. The van der Waals surface area contributed by atoms with Gasteiger partial charge in [0.15, 0.2) is 0 Å². The maximum Gasteiger partial charge on any atom is 0.338 e. The average molecular weight is 473 g/mol. The summed E-state index contributed by atoms with van der Waals surface area (Å²) >= 11 is 0. The fourth-order valence-electron chi connectivity index (χ4n) is 4.71. The number of nitrogens with two attached hydrogens (primary N) is 1. The highest BCUT2D eigenvalue weighted by Crippen LogP contribution is 2.28. The molecule has 0 amide bonds. The quantitative estimate of drug-likeness (QED) is 0.549. The Morgan fingerprint density at radius 3 is 2.29 bits per heavy atom. The molecule has 2 fully saturated rings. The number of carbonyl (C=O) groups excluding carboxylic acids is 1. The first-order valence-electron chi connectivity index (χ1n) is 12.2. The maximum atomic E-state index is 12.3. The zero-order valence-corrected chi connectivity index (χ0v) is 20.2. The molecule has 2 saturated heterocycles. The van der Waals surface area contributed by atoms with Crippen LogP contribution >= 0.6 is 0 Å². The van der Waals surface area contributed by atoms with E-state index in [1.165, 1.54) is 18.2 Å². The van der Waals surface area contributed by atoms with Gasteiger partial charge in [0, 0.05) is 44.3 Å². The van der Waals surface area contributed by atoms with Gasteiger partial charge in [0.05, 0.1) is 31.6 Å². The Morgan fingerprint density at radius 2 is 1.66 bits per heavy atom. The van der Waals surface area contributed by atoms with Crippen LogP contribution < -0.4 is 10.6 Å². The molecule has 35 heavy (non-hydrogen) atoms. The van der Waals surface area contributed by atoms with Crippen molar-refractivity contribution < 1.29 is 14.3 Å². The Labute approximate surface area is 206 Å². The molecule has 3 aromatic rings. The SMILES string of the molecule is COC(=O)c1cc(-c2ccc(-c3ccc(CN4CCOCC4)cc3)cc2)nc(N2CC[C@@H](N)C2)c1. The topological polar surface area (TPSA) is 80.9 Å². The Balaban J connectivity index is 1.35. The van der Waals surface area contributed by atoms with E-state index in [4.69, 9.17) is 20.2 Å².